The third-order valence-electron chi connectivity index (χ3n) is 0.927. The summed E-state index contributed by atoms with van der Waals surface area (Å²) in [5.74, 6) is -0.988. The summed E-state index contributed by atoms with van der Waals surface area (Å²) in [6.07, 6.45) is 0.521. The summed E-state index contributed by atoms with van der Waals surface area (Å²) in [6, 6.07) is -0.0451. The van der Waals surface area contributed by atoms with Gasteiger partial charge in [0, 0.05) is 10.5 Å². The van der Waals surface area contributed by atoms with Crippen molar-refractivity contribution in [3.8, 4) is 0 Å². The van der Waals surface area contributed by atoms with E-state index < -0.39 is 5.97 Å². The Balaban J connectivity index is 4.28. The highest BCUT2D eigenvalue weighted by molar-refractivity contribution is 9.14. The Labute approximate surface area is 81.9 Å². The van der Waals surface area contributed by atoms with E-state index in [1.54, 1.807) is 0 Å². The Hall–Kier alpha value is 0.130. The molecule has 0 fully saturated rings. The molecule has 0 saturated carbocycles. The molecule has 3 N–H and O–H groups in total. The van der Waals surface area contributed by atoms with Gasteiger partial charge in [-0.3, -0.25) is 0 Å². The number of hydrogen-bond acceptors (Lipinski definition) is 2. The fourth-order valence-corrected chi connectivity index (χ4v) is 1.33. The molecule has 11 heavy (non-hydrogen) atoms. The second-order valence-corrected chi connectivity index (χ2v) is 3.96. The summed E-state index contributed by atoms with van der Waals surface area (Å²) < 4.78 is 0.717. The van der Waals surface area contributed by atoms with E-state index in [4.69, 9.17) is 10.8 Å². The molecule has 0 heterocycles. The van der Waals surface area contributed by atoms with E-state index in [1.807, 2.05) is 6.92 Å². The number of hydrogen-bond donors (Lipinski definition) is 2. The van der Waals surface area contributed by atoms with Gasteiger partial charge in [-0.2, -0.15) is 0 Å². The van der Waals surface area contributed by atoms with Gasteiger partial charge in [-0.15, -0.1) is 0 Å². The van der Waals surface area contributed by atoms with E-state index >= 15 is 0 Å². The van der Waals surface area contributed by atoms with Crippen LogP contribution in [-0.4, -0.2) is 17.1 Å². The van der Waals surface area contributed by atoms with E-state index in [0.29, 0.717) is 10.9 Å². The highest BCUT2D eigenvalue weighted by Gasteiger charge is 2.09. The van der Waals surface area contributed by atoms with Gasteiger partial charge in [-0.05, 0) is 29.3 Å². The maximum atomic E-state index is 10.3. The number of rotatable bonds is 3. The van der Waals surface area contributed by atoms with Gasteiger partial charge in [0.05, 0.1) is 0 Å². The topological polar surface area (TPSA) is 63.3 Å². The molecule has 0 aliphatic heterocycles. The molecule has 1 atom stereocenters. The summed E-state index contributed by atoms with van der Waals surface area (Å²) in [7, 11) is 0. The highest BCUT2D eigenvalue weighted by Crippen LogP contribution is 2.22. The lowest BCUT2D eigenvalue weighted by Crippen LogP contribution is -2.15. The lowest BCUT2D eigenvalue weighted by Gasteiger charge is -2.03. The maximum Gasteiger partial charge on any atom is 0.343 e. The Morgan fingerprint density at radius 3 is 2.36 bits per heavy atom. The van der Waals surface area contributed by atoms with Crippen LogP contribution in [0.25, 0.3) is 0 Å². The van der Waals surface area contributed by atoms with Crippen LogP contribution >= 0.6 is 31.9 Å². The molecule has 0 aromatic carbocycles. The predicted molar refractivity (Wildman–Crippen MR) is 50.8 cm³/mol. The lowest BCUT2D eigenvalue weighted by molar-refractivity contribution is -0.131. The largest absolute Gasteiger partial charge is 0.477 e. The molecule has 64 valence electrons. The number of carbonyl (C=O) groups is 1. The van der Waals surface area contributed by atoms with Crippen LogP contribution in [0.15, 0.2) is 8.96 Å². The molecule has 0 bridgehead atoms. The number of halogens is 2. The quantitative estimate of drug-likeness (QED) is 0.778. The van der Waals surface area contributed by atoms with Gasteiger partial charge < -0.3 is 10.8 Å². The minimum Gasteiger partial charge on any atom is -0.477 e. The SMILES string of the molecule is CC(N)C/C(Br)=C(/Br)C(=O)O. The summed E-state index contributed by atoms with van der Waals surface area (Å²) in [5, 5.41) is 8.49. The van der Waals surface area contributed by atoms with Crippen molar-refractivity contribution < 1.29 is 9.90 Å². The normalized spacial score (nSPS) is 15.6. The molecule has 0 aliphatic carbocycles. The monoisotopic (exact) mass is 285 g/mol. The van der Waals surface area contributed by atoms with Gasteiger partial charge in [-0.1, -0.05) is 15.9 Å². The van der Waals surface area contributed by atoms with Crippen LogP contribution in [0.2, 0.25) is 0 Å². The molecular weight excluding hydrogens is 278 g/mol. The van der Waals surface area contributed by atoms with Gasteiger partial charge in [-0.25, -0.2) is 4.79 Å². The Kier molecular flexibility index (Phi) is 4.96. The van der Waals surface area contributed by atoms with Crippen LogP contribution in [-0.2, 0) is 4.79 Å². The Bertz CT molecular complexity index is 189. The van der Waals surface area contributed by atoms with Gasteiger partial charge in [0.15, 0.2) is 0 Å². The first-order valence-corrected chi connectivity index (χ1v) is 4.56. The summed E-state index contributed by atoms with van der Waals surface area (Å²) >= 11 is 6.03. The predicted octanol–water partition coefficient (Wildman–Crippen LogP) is 1.81. The zero-order chi connectivity index (χ0) is 9.02. The first kappa shape index (κ1) is 11.1. The van der Waals surface area contributed by atoms with Crippen molar-refractivity contribution in [2.24, 2.45) is 5.73 Å². The van der Waals surface area contributed by atoms with E-state index in [0.717, 1.165) is 0 Å². The molecule has 0 saturated heterocycles. The average Bonchev–Trinajstić information content (AvgIpc) is 1.84. The third-order valence-corrected chi connectivity index (χ3v) is 3.00. The molecule has 0 rings (SSSR count). The lowest BCUT2D eigenvalue weighted by atomic mass is 10.2. The summed E-state index contributed by atoms with van der Waals surface area (Å²) in [6.45, 7) is 1.81. The number of aliphatic carboxylic acids is 1. The molecule has 5 heteroatoms. The van der Waals surface area contributed by atoms with Gasteiger partial charge in [0.25, 0.3) is 0 Å². The van der Waals surface area contributed by atoms with Crippen molar-refractivity contribution in [3.05, 3.63) is 8.96 Å². The van der Waals surface area contributed by atoms with Crippen LogP contribution in [0.5, 0.6) is 0 Å². The minimum atomic E-state index is -0.988. The van der Waals surface area contributed by atoms with Gasteiger partial charge >= 0.3 is 5.97 Å². The van der Waals surface area contributed by atoms with E-state index in [9.17, 15) is 4.79 Å². The van der Waals surface area contributed by atoms with E-state index in [1.165, 1.54) is 0 Å². The van der Waals surface area contributed by atoms with Crippen molar-refractivity contribution in [1.29, 1.82) is 0 Å². The minimum absolute atomic E-state index is 0.0451. The second-order valence-electron chi connectivity index (χ2n) is 2.21. The van der Waals surface area contributed by atoms with Crippen LogP contribution in [0, 0.1) is 0 Å². The third kappa shape index (κ3) is 4.55. The van der Waals surface area contributed by atoms with Gasteiger partial charge in [0.2, 0.25) is 0 Å². The fourth-order valence-electron chi connectivity index (χ4n) is 0.488. The standard InChI is InChI=1S/C6H9Br2NO2/c1-3(9)2-4(7)5(8)6(10)11/h3H,2,9H2,1H3,(H,10,11)/b5-4-. The molecule has 0 spiro atoms. The second kappa shape index (κ2) is 4.90. The number of nitrogens with two attached hydrogens (primary N) is 1. The van der Waals surface area contributed by atoms with Crippen molar-refractivity contribution in [1.82, 2.24) is 0 Å². The van der Waals surface area contributed by atoms with Crippen LogP contribution in [0.1, 0.15) is 13.3 Å². The van der Waals surface area contributed by atoms with E-state index in [2.05, 4.69) is 31.9 Å². The van der Waals surface area contributed by atoms with Crippen molar-refractivity contribution in [2.45, 2.75) is 19.4 Å². The Morgan fingerprint density at radius 1 is 1.64 bits per heavy atom. The molecule has 0 aromatic heterocycles. The summed E-state index contributed by atoms with van der Waals surface area (Å²) in [5.41, 5.74) is 5.45. The molecule has 3 nitrogen and oxygen atoms in total. The first-order chi connectivity index (χ1) is 4.95. The smallest absolute Gasteiger partial charge is 0.343 e. The molecule has 0 aromatic rings. The molecule has 0 aliphatic rings. The molecule has 0 amide bonds. The van der Waals surface area contributed by atoms with Crippen LogP contribution in [0.4, 0.5) is 0 Å². The number of carboxylic acids is 1. The van der Waals surface area contributed by atoms with Crippen molar-refractivity contribution in [3.63, 3.8) is 0 Å². The molecule has 0 radical (unpaired) electrons. The van der Waals surface area contributed by atoms with Crippen LogP contribution < -0.4 is 5.73 Å². The fraction of sp³-hybridized carbons (Fsp3) is 0.500. The van der Waals surface area contributed by atoms with Crippen molar-refractivity contribution >= 4 is 37.8 Å². The maximum absolute atomic E-state index is 10.3. The van der Waals surface area contributed by atoms with Crippen molar-refractivity contribution in [2.75, 3.05) is 0 Å². The highest BCUT2D eigenvalue weighted by atomic mass is 79.9. The number of carboxylic acid groups (broad SMARTS) is 1. The van der Waals surface area contributed by atoms with E-state index in [-0.39, 0.29) is 10.5 Å². The zero-order valence-corrected chi connectivity index (χ0v) is 9.15. The first-order valence-electron chi connectivity index (χ1n) is 2.98. The van der Waals surface area contributed by atoms with Crippen LogP contribution in [0.3, 0.4) is 0 Å². The Morgan fingerprint density at radius 2 is 2.09 bits per heavy atom. The van der Waals surface area contributed by atoms with Gasteiger partial charge in [0.1, 0.15) is 4.48 Å². The zero-order valence-electron chi connectivity index (χ0n) is 5.97. The molecule has 1 unspecified atom stereocenters. The molecular formula is C6H9Br2NO2. The summed E-state index contributed by atoms with van der Waals surface area (Å²) in [4.78, 5) is 10.3. The average molecular weight is 287 g/mol.